The van der Waals surface area contributed by atoms with Gasteiger partial charge in [-0.2, -0.15) is 0 Å². The molecule has 8 heteroatoms. The van der Waals surface area contributed by atoms with E-state index in [0.29, 0.717) is 24.2 Å². The van der Waals surface area contributed by atoms with E-state index >= 15 is 0 Å². The van der Waals surface area contributed by atoms with Gasteiger partial charge in [-0.05, 0) is 36.5 Å². The van der Waals surface area contributed by atoms with E-state index in [-0.39, 0.29) is 17.7 Å². The van der Waals surface area contributed by atoms with Crippen molar-refractivity contribution >= 4 is 29.4 Å². The molecule has 1 aliphatic carbocycles. The molecule has 33 heavy (non-hydrogen) atoms. The predicted octanol–water partition coefficient (Wildman–Crippen LogP) is 3.06. The topological polar surface area (TPSA) is 108 Å². The number of nitrogens with zero attached hydrogens (tertiary/aromatic N) is 1. The summed E-state index contributed by atoms with van der Waals surface area (Å²) in [4.78, 5) is 52.1. The van der Waals surface area contributed by atoms with E-state index in [9.17, 15) is 19.2 Å². The van der Waals surface area contributed by atoms with E-state index < -0.39 is 24.0 Å². The van der Waals surface area contributed by atoms with Crippen molar-refractivity contribution in [1.82, 2.24) is 15.5 Å². The largest absolute Gasteiger partial charge is 0.348 e. The number of hydrogen-bond donors (Lipinski definition) is 3. The fourth-order valence-corrected chi connectivity index (χ4v) is 4.64. The van der Waals surface area contributed by atoms with Crippen molar-refractivity contribution in [3.05, 3.63) is 65.7 Å². The lowest BCUT2D eigenvalue weighted by molar-refractivity contribution is -0.136. The van der Waals surface area contributed by atoms with E-state index in [1.165, 1.54) is 0 Å². The van der Waals surface area contributed by atoms with Crippen LogP contribution in [-0.2, 0) is 16.1 Å². The lowest BCUT2D eigenvalue weighted by atomic mass is 9.73. The number of carbonyl (C=O) groups excluding carboxylic acids is 4. The van der Waals surface area contributed by atoms with Gasteiger partial charge in [0.25, 0.3) is 11.8 Å². The molecular formula is C25H28N4O4. The Bertz CT molecular complexity index is 1070. The maximum atomic E-state index is 13.1. The van der Waals surface area contributed by atoms with Crippen LogP contribution in [0.3, 0.4) is 0 Å². The molecule has 172 valence electrons. The second kappa shape index (κ2) is 9.44. The summed E-state index contributed by atoms with van der Waals surface area (Å²) in [5.41, 5.74) is 0.666. The van der Waals surface area contributed by atoms with Crippen molar-refractivity contribution in [2.75, 3.05) is 11.9 Å². The minimum absolute atomic E-state index is 0.0183. The highest BCUT2D eigenvalue weighted by Crippen LogP contribution is 2.38. The molecule has 0 bridgehead atoms. The molecule has 2 aliphatic rings. The van der Waals surface area contributed by atoms with Crippen LogP contribution in [0.1, 0.15) is 48.5 Å². The predicted molar refractivity (Wildman–Crippen MR) is 123 cm³/mol. The number of nitrogens with one attached hydrogen (secondary N) is 3. The Kier molecular flexibility index (Phi) is 6.44. The van der Waals surface area contributed by atoms with Crippen molar-refractivity contribution in [1.29, 1.82) is 0 Å². The lowest BCUT2D eigenvalue weighted by Crippen LogP contribution is -2.54. The zero-order valence-corrected chi connectivity index (χ0v) is 18.6. The van der Waals surface area contributed by atoms with E-state index in [4.69, 9.17) is 0 Å². The molecular weight excluding hydrogens is 420 g/mol. The van der Waals surface area contributed by atoms with Crippen molar-refractivity contribution in [2.24, 2.45) is 5.92 Å². The van der Waals surface area contributed by atoms with Gasteiger partial charge in [0.15, 0.2) is 0 Å². The van der Waals surface area contributed by atoms with Gasteiger partial charge < -0.3 is 16.0 Å². The molecule has 1 heterocycles. The highest BCUT2D eigenvalue weighted by Gasteiger charge is 2.55. The Morgan fingerprint density at radius 2 is 1.79 bits per heavy atom. The molecule has 2 aromatic rings. The average molecular weight is 449 g/mol. The highest BCUT2D eigenvalue weighted by atomic mass is 16.2. The quantitative estimate of drug-likeness (QED) is 0.590. The third-order valence-electron chi connectivity index (χ3n) is 6.54. The monoisotopic (exact) mass is 448 g/mol. The molecule has 1 saturated heterocycles. The van der Waals surface area contributed by atoms with Gasteiger partial charge in [-0.25, -0.2) is 4.79 Å². The summed E-state index contributed by atoms with van der Waals surface area (Å²) in [5.74, 6) is -1.20. The zero-order chi connectivity index (χ0) is 23.4. The van der Waals surface area contributed by atoms with Crippen molar-refractivity contribution in [2.45, 2.75) is 44.7 Å². The molecule has 2 aromatic carbocycles. The first-order valence-electron chi connectivity index (χ1n) is 11.3. The number of imide groups is 1. The van der Waals surface area contributed by atoms with Gasteiger partial charge in [-0.3, -0.25) is 19.3 Å². The number of hydrogen-bond acceptors (Lipinski definition) is 4. The van der Waals surface area contributed by atoms with Crippen LogP contribution in [0.25, 0.3) is 0 Å². The minimum Gasteiger partial charge on any atom is -0.348 e. The fraction of sp³-hybridized carbons (Fsp3) is 0.360. The summed E-state index contributed by atoms with van der Waals surface area (Å²) >= 11 is 0. The third kappa shape index (κ3) is 4.60. The van der Waals surface area contributed by atoms with Gasteiger partial charge in [0.2, 0.25) is 5.91 Å². The fourth-order valence-electron chi connectivity index (χ4n) is 4.64. The smallest absolute Gasteiger partial charge is 0.325 e. The molecule has 2 atom stereocenters. The van der Waals surface area contributed by atoms with Crippen LogP contribution in [0.4, 0.5) is 10.5 Å². The molecule has 1 aliphatic heterocycles. The average Bonchev–Trinajstić information content (AvgIpc) is 3.05. The van der Waals surface area contributed by atoms with Crippen molar-refractivity contribution < 1.29 is 19.2 Å². The molecule has 0 unspecified atom stereocenters. The number of amides is 5. The number of carbonyl (C=O) groups is 4. The first-order valence-corrected chi connectivity index (χ1v) is 11.3. The van der Waals surface area contributed by atoms with E-state index in [1.807, 2.05) is 37.3 Å². The van der Waals surface area contributed by atoms with Gasteiger partial charge >= 0.3 is 6.03 Å². The van der Waals surface area contributed by atoms with Crippen LogP contribution in [0.15, 0.2) is 54.6 Å². The van der Waals surface area contributed by atoms with Gasteiger partial charge in [0.1, 0.15) is 12.1 Å². The number of rotatable bonds is 6. The first kappa shape index (κ1) is 22.5. The van der Waals surface area contributed by atoms with Crippen LogP contribution < -0.4 is 16.0 Å². The van der Waals surface area contributed by atoms with Crippen LogP contribution in [-0.4, -0.2) is 40.7 Å². The molecule has 0 radical (unpaired) electrons. The maximum absolute atomic E-state index is 13.1. The number of para-hydroxylation sites is 1. The standard InChI is InChI=1S/C25H28N4O4/c1-17-9-7-8-14-25(17)23(32)29(24(33)28-25)16-21(30)27-20-13-6-5-12-19(20)22(31)26-15-18-10-3-2-4-11-18/h2-6,10-13,17H,7-9,14-16H2,1H3,(H,26,31)(H,27,30)(H,28,33)/t17-,25-/m0/s1. The van der Waals surface area contributed by atoms with Gasteiger partial charge in [-0.1, -0.05) is 62.2 Å². The molecule has 1 spiro atoms. The number of anilines is 1. The molecule has 4 rings (SSSR count). The Morgan fingerprint density at radius 1 is 1.06 bits per heavy atom. The SMILES string of the molecule is C[C@H]1CCCC[C@]12NC(=O)N(CC(=O)Nc1ccccc1C(=O)NCc1ccccc1)C2=O. The number of urea groups is 1. The van der Waals surface area contributed by atoms with Crippen LogP contribution >= 0.6 is 0 Å². The lowest BCUT2D eigenvalue weighted by Gasteiger charge is -2.36. The highest BCUT2D eigenvalue weighted by molar-refractivity contribution is 6.11. The Labute approximate surface area is 192 Å². The van der Waals surface area contributed by atoms with E-state index in [2.05, 4.69) is 16.0 Å². The molecule has 5 amide bonds. The summed E-state index contributed by atoms with van der Waals surface area (Å²) in [6.45, 7) is 1.91. The molecule has 0 aromatic heterocycles. The van der Waals surface area contributed by atoms with Crippen LogP contribution in [0, 0.1) is 5.92 Å². The van der Waals surface area contributed by atoms with E-state index in [1.54, 1.807) is 24.3 Å². The second-order valence-corrected chi connectivity index (χ2v) is 8.70. The van der Waals surface area contributed by atoms with Gasteiger partial charge in [-0.15, -0.1) is 0 Å². The third-order valence-corrected chi connectivity index (χ3v) is 6.54. The van der Waals surface area contributed by atoms with Gasteiger partial charge in [0.05, 0.1) is 11.3 Å². The Balaban J connectivity index is 1.41. The summed E-state index contributed by atoms with van der Waals surface area (Å²) < 4.78 is 0. The van der Waals surface area contributed by atoms with Gasteiger partial charge in [0, 0.05) is 6.54 Å². The summed E-state index contributed by atoms with van der Waals surface area (Å²) in [6, 6.07) is 15.6. The zero-order valence-electron chi connectivity index (χ0n) is 18.6. The van der Waals surface area contributed by atoms with E-state index in [0.717, 1.165) is 29.7 Å². The molecule has 3 N–H and O–H groups in total. The van der Waals surface area contributed by atoms with Crippen LogP contribution in [0.2, 0.25) is 0 Å². The molecule has 1 saturated carbocycles. The van der Waals surface area contributed by atoms with Crippen molar-refractivity contribution in [3.63, 3.8) is 0 Å². The summed E-state index contributed by atoms with van der Waals surface area (Å²) in [7, 11) is 0. The first-order chi connectivity index (χ1) is 15.9. The molecule has 8 nitrogen and oxygen atoms in total. The maximum Gasteiger partial charge on any atom is 0.325 e. The second-order valence-electron chi connectivity index (χ2n) is 8.70. The summed E-state index contributed by atoms with van der Waals surface area (Å²) in [6.07, 6.45) is 3.33. The molecule has 2 fully saturated rings. The summed E-state index contributed by atoms with van der Waals surface area (Å²) in [5, 5.41) is 8.37. The van der Waals surface area contributed by atoms with Crippen molar-refractivity contribution in [3.8, 4) is 0 Å². The Hall–Kier alpha value is -3.68. The minimum atomic E-state index is -0.912. The Morgan fingerprint density at radius 3 is 2.55 bits per heavy atom. The normalized spacial score (nSPS) is 22.2. The van der Waals surface area contributed by atoms with Crippen LogP contribution in [0.5, 0.6) is 0 Å². The number of benzene rings is 2.